The van der Waals surface area contributed by atoms with Crippen molar-refractivity contribution >= 4 is 17.7 Å². The summed E-state index contributed by atoms with van der Waals surface area (Å²) in [5, 5.41) is 13.8. The van der Waals surface area contributed by atoms with Crippen molar-refractivity contribution in [1.29, 1.82) is 0 Å². The number of carbonyl (C=O) groups is 1. The maximum atomic E-state index is 13.5. The number of nitrogens with zero attached hydrogens (tertiary/aromatic N) is 2. The first-order chi connectivity index (χ1) is 11.5. The summed E-state index contributed by atoms with van der Waals surface area (Å²) < 4.78 is 28.7. The molecule has 1 aromatic carbocycles. The number of aromatic carboxylic acids is 1. The van der Waals surface area contributed by atoms with Crippen LogP contribution in [0.1, 0.15) is 47.8 Å². The van der Waals surface area contributed by atoms with E-state index in [2.05, 4.69) is 5.10 Å². The molecule has 24 heavy (non-hydrogen) atoms. The summed E-state index contributed by atoms with van der Waals surface area (Å²) in [5.74, 6) is -3.14. The van der Waals surface area contributed by atoms with Crippen molar-refractivity contribution in [1.82, 2.24) is 9.78 Å². The third-order valence-electron chi connectivity index (χ3n) is 4.76. The highest BCUT2D eigenvalue weighted by atomic mass is 32.2. The lowest BCUT2D eigenvalue weighted by Crippen LogP contribution is -2.27. The quantitative estimate of drug-likeness (QED) is 0.860. The van der Waals surface area contributed by atoms with E-state index in [1.54, 1.807) is 16.4 Å². The third-order valence-corrected chi connectivity index (χ3v) is 5.86. The number of hydrogen-bond donors (Lipinski definition) is 1. The second-order valence-electron chi connectivity index (χ2n) is 6.30. The molecule has 1 aliphatic carbocycles. The average molecular weight is 350 g/mol. The lowest BCUT2D eigenvalue weighted by atomic mass is 9.92. The van der Waals surface area contributed by atoms with Crippen molar-refractivity contribution in [3.63, 3.8) is 0 Å². The third kappa shape index (κ3) is 2.51. The normalized spacial score (nSPS) is 19.6. The van der Waals surface area contributed by atoms with Crippen LogP contribution in [0.25, 0.3) is 11.3 Å². The van der Waals surface area contributed by atoms with Crippen molar-refractivity contribution in [3.05, 3.63) is 35.5 Å². The first-order valence-electron chi connectivity index (χ1n) is 7.91. The fourth-order valence-electron chi connectivity index (χ4n) is 3.53. The van der Waals surface area contributed by atoms with Crippen LogP contribution in [-0.4, -0.2) is 26.8 Å². The van der Waals surface area contributed by atoms with Crippen LogP contribution in [0, 0.1) is 0 Å². The maximum Gasteiger partial charge on any atom is 0.356 e. The summed E-state index contributed by atoms with van der Waals surface area (Å²) in [5.41, 5.74) is 2.48. The molecule has 7 heteroatoms. The van der Waals surface area contributed by atoms with Gasteiger partial charge in [-0.3, -0.25) is 4.68 Å². The zero-order valence-corrected chi connectivity index (χ0v) is 13.7. The lowest BCUT2D eigenvalue weighted by Gasteiger charge is -2.30. The van der Waals surface area contributed by atoms with Gasteiger partial charge < -0.3 is 5.11 Å². The largest absolute Gasteiger partial charge is 0.476 e. The average Bonchev–Trinajstić information content (AvgIpc) is 2.95. The number of rotatable bonds is 2. The van der Waals surface area contributed by atoms with E-state index in [0.29, 0.717) is 24.2 Å². The van der Waals surface area contributed by atoms with E-state index < -0.39 is 11.9 Å². The van der Waals surface area contributed by atoms with Gasteiger partial charge in [-0.1, -0.05) is 18.2 Å². The van der Waals surface area contributed by atoms with Crippen LogP contribution in [0.3, 0.4) is 0 Å². The second kappa shape index (κ2) is 5.58. The van der Waals surface area contributed by atoms with Gasteiger partial charge in [0.15, 0.2) is 5.69 Å². The summed E-state index contributed by atoms with van der Waals surface area (Å²) in [6.07, 6.45) is 0.279. The highest BCUT2D eigenvalue weighted by Gasteiger charge is 2.38. The van der Waals surface area contributed by atoms with E-state index in [4.69, 9.17) is 0 Å². The Balaban J connectivity index is 1.83. The lowest BCUT2D eigenvalue weighted by molar-refractivity contribution is -0.0448. The predicted molar refractivity (Wildman–Crippen MR) is 86.6 cm³/mol. The highest BCUT2D eigenvalue weighted by Crippen LogP contribution is 2.46. The Kier molecular flexibility index (Phi) is 3.63. The SMILES string of the molecule is O=C(O)c1nn(C2CCC(F)(F)CC2)c2c1CSc1ccccc1-2. The van der Waals surface area contributed by atoms with E-state index in [0.717, 1.165) is 16.2 Å². The Morgan fingerprint density at radius 3 is 2.71 bits per heavy atom. The van der Waals surface area contributed by atoms with Crippen molar-refractivity contribution in [2.24, 2.45) is 0 Å². The molecule has 0 spiro atoms. The molecule has 2 aliphatic rings. The molecule has 0 bridgehead atoms. The van der Waals surface area contributed by atoms with E-state index in [1.807, 2.05) is 24.3 Å². The van der Waals surface area contributed by atoms with Crippen LogP contribution in [0.2, 0.25) is 0 Å². The fraction of sp³-hybridized carbons (Fsp3) is 0.412. The van der Waals surface area contributed by atoms with Gasteiger partial charge in [0.2, 0.25) is 5.92 Å². The minimum absolute atomic E-state index is 0.0457. The first kappa shape index (κ1) is 15.6. The van der Waals surface area contributed by atoms with E-state index in [-0.39, 0.29) is 24.6 Å². The molecule has 0 saturated heterocycles. The molecule has 0 atom stereocenters. The minimum Gasteiger partial charge on any atom is -0.476 e. The molecule has 126 valence electrons. The van der Waals surface area contributed by atoms with Gasteiger partial charge in [0.25, 0.3) is 0 Å². The van der Waals surface area contributed by atoms with Crippen LogP contribution in [0.15, 0.2) is 29.2 Å². The van der Waals surface area contributed by atoms with Gasteiger partial charge in [0.1, 0.15) is 0 Å². The molecule has 1 N–H and O–H groups in total. The summed E-state index contributed by atoms with van der Waals surface area (Å²) in [7, 11) is 0. The van der Waals surface area contributed by atoms with Crippen molar-refractivity contribution in [2.75, 3.05) is 0 Å². The molecule has 1 aliphatic heterocycles. The number of thioether (sulfide) groups is 1. The number of hydrogen-bond acceptors (Lipinski definition) is 3. The van der Waals surface area contributed by atoms with Crippen LogP contribution in [-0.2, 0) is 5.75 Å². The summed E-state index contributed by atoms with van der Waals surface area (Å²) in [4.78, 5) is 12.7. The van der Waals surface area contributed by atoms with Gasteiger partial charge >= 0.3 is 5.97 Å². The minimum atomic E-state index is -2.62. The van der Waals surface area contributed by atoms with Gasteiger partial charge in [-0.05, 0) is 18.9 Å². The monoisotopic (exact) mass is 350 g/mol. The molecule has 0 unspecified atom stereocenters. The molecule has 0 radical (unpaired) electrons. The van der Waals surface area contributed by atoms with Crippen molar-refractivity contribution < 1.29 is 18.7 Å². The standard InChI is InChI=1S/C17H16F2N2O2S/c18-17(19)7-5-10(6-8-17)21-15-11-3-1-2-4-13(11)24-9-12(15)14(20-21)16(22)23/h1-4,10H,5-9H2,(H,22,23). The van der Waals surface area contributed by atoms with Crippen LogP contribution >= 0.6 is 11.8 Å². The van der Waals surface area contributed by atoms with Crippen LogP contribution in [0.5, 0.6) is 0 Å². The van der Waals surface area contributed by atoms with Gasteiger partial charge in [-0.25, -0.2) is 13.6 Å². The summed E-state index contributed by atoms with van der Waals surface area (Å²) >= 11 is 1.59. The van der Waals surface area contributed by atoms with E-state index >= 15 is 0 Å². The van der Waals surface area contributed by atoms with Crippen molar-refractivity contribution in [3.8, 4) is 11.3 Å². The number of carboxylic acids is 1. The Bertz CT molecular complexity index is 809. The number of aromatic nitrogens is 2. The van der Waals surface area contributed by atoms with E-state index in [9.17, 15) is 18.7 Å². The van der Waals surface area contributed by atoms with Gasteiger partial charge in [0, 0.05) is 34.6 Å². The summed E-state index contributed by atoms with van der Waals surface area (Å²) in [6.45, 7) is 0. The smallest absolute Gasteiger partial charge is 0.356 e. The molecule has 1 saturated carbocycles. The number of benzene rings is 1. The fourth-order valence-corrected chi connectivity index (χ4v) is 4.60. The molecular weight excluding hydrogens is 334 g/mol. The Morgan fingerprint density at radius 2 is 2.00 bits per heavy atom. The molecule has 4 rings (SSSR count). The Labute approximate surface area is 141 Å². The summed E-state index contributed by atoms with van der Waals surface area (Å²) in [6, 6.07) is 7.61. The number of halogens is 2. The number of alkyl halides is 2. The van der Waals surface area contributed by atoms with Gasteiger partial charge in [-0.2, -0.15) is 5.10 Å². The molecule has 2 aromatic rings. The molecule has 4 nitrogen and oxygen atoms in total. The molecule has 2 heterocycles. The molecule has 0 amide bonds. The van der Waals surface area contributed by atoms with Crippen LogP contribution in [0.4, 0.5) is 8.78 Å². The molecular formula is C17H16F2N2O2S. The maximum absolute atomic E-state index is 13.5. The van der Waals surface area contributed by atoms with Crippen LogP contribution < -0.4 is 0 Å². The molecule has 1 aromatic heterocycles. The van der Waals surface area contributed by atoms with Crippen molar-refractivity contribution in [2.45, 2.75) is 48.3 Å². The topological polar surface area (TPSA) is 55.1 Å². The highest BCUT2D eigenvalue weighted by molar-refractivity contribution is 7.98. The first-order valence-corrected chi connectivity index (χ1v) is 8.89. The molecule has 1 fully saturated rings. The zero-order chi connectivity index (χ0) is 16.9. The van der Waals surface area contributed by atoms with Gasteiger partial charge in [-0.15, -0.1) is 11.8 Å². The van der Waals surface area contributed by atoms with Gasteiger partial charge in [0.05, 0.1) is 11.7 Å². The number of carboxylic acid groups (broad SMARTS) is 1. The predicted octanol–water partition coefficient (Wildman–Crippen LogP) is 4.60. The Morgan fingerprint density at radius 1 is 1.29 bits per heavy atom. The zero-order valence-electron chi connectivity index (χ0n) is 12.8. The van der Waals surface area contributed by atoms with E-state index in [1.165, 1.54) is 0 Å². The second-order valence-corrected chi connectivity index (χ2v) is 7.31. The number of fused-ring (bicyclic) bond motifs is 3. The Hall–Kier alpha value is -1.89.